The summed E-state index contributed by atoms with van der Waals surface area (Å²) in [6.07, 6.45) is 0.252. The van der Waals surface area contributed by atoms with Crippen LogP contribution >= 0.6 is 0 Å². The third-order valence-electron chi connectivity index (χ3n) is 5.29. The molecule has 1 aromatic carbocycles. The first-order valence-electron chi connectivity index (χ1n) is 7.92. The van der Waals surface area contributed by atoms with Crippen molar-refractivity contribution in [1.82, 2.24) is 14.9 Å². The van der Waals surface area contributed by atoms with E-state index in [1.807, 2.05) is 12.1 Å². The summed E-state index contributed by atoms with van der Waals surface area (Å²) in [5, 5.41) is 20.8. The lowest BCUT2D eigenvalue weighted by atomic mass is 9.99. The predicted octanol–water partition coefficient (Wildman–Crippen LogP) is 2.01. The van der Waals surface area contributed by atoms with Crippen molar-refractivity contribution in [2.75, 3.05) is 13.1 Å². The monoisotopic (exact) mass is 317 g/mol. The summed E-state index contributed by atoms with van der Waals surface area (Å²) in [7, 11) is 0. The number of fused-ring (bicyclic) bond motifs is 3. The molecule has 2 saturated heterocycles. The number of aryl methyl sites for hydroxylation is 1. The molecule has 3 unspecified atom stereocenters. The number of likely N-dealkylation sites (tertiary alicyclic amines) is 1. The maximum atomic E-state index is 11.5. The fourth-order valence-corrected chi connectivity index (χ4v) is 4.45. The molecule has 3 atom stereocenters. The first kappa shape index (κ1) is 14.3. The van der Waals surface area contributed by atoms with Crippen LogP contribution in [0.1, 0.15) is 30.0 Å². The summed E-state index contributed by atoms with van der Waals surface area (Å²) in [6.45, 7) is 1.18. The highest BCUT2D eigenvalue weighted by Crippen LogP contribution is 2.40. The Morgan fingerprint density at radius 1 is 1.00 bits per heavy atom. The van der Waals surface area contributed by atoms with Gasteiger partial charge in [0.2, 0.25) is 0 Å². The molecule has 2 heterocycles. The van der Waals surface area contributed by atoms with Crippen LogP contribution < -0.4 is 0 Å². The number of amides is 2. The van der Waals surface area contributed by atoms with Crippen molar-refractivity contribution in [1.29, 1.82) is 0 Å². The number of rotatable bonds is 1. The van der Waals surface area contributed by atoms with Gasteiger partial charge in [0, 0.05) is 19.1 Å². The maximum absolute atomic E-state index is 11.5. The van der Waals surface area contributed by atoms with Crippen molar-refractivity contribution in [3.63, 3.8) is 0 Å². The minimum Gasteiger partial charge on any atom is -0.464 e. The Balaban J connectivity index is 1.61. The summed E-state index contributed by atoms with van der Waals surface area (Å²) < 4.78 is 0. The second-order valence-corrected chi connectivity index (χ2v) is 6.50. The van der Waals surface area contributed by atoms with Crippen LogP contribution in [-0.4, -0.2) is 62.5 Å². The average Bonchev–Trinajstić information content (AvgIpc) is 3.05. The molecular weight excluding hydrogens is 298 g/mol. The van der Waals surface area contributed by atoms with E-state index < -0.39 is 12.2 Å². The summed E-state index contributed by atoms with van der Waals surface area (Å²) in [5.41, 5.74) is 2.65. The molecule has 0 radical (unpaired) electrons. The topological polar surface area (TPSA) is 84.3 Å². The molecule has 122 valence electrons. The molecule has 2 amide bonds. The highest BCUT2D eigenvalue weighted by Gasteiger charge is 2.51. The van der Waals surface area contributed by atoms with E-state index in [0.29, 0.717) is 19.5 Å². The first-order valence-corrected chi connectivity index (χ1v) is 7.92. The van der Waals surface area contributed by atoms with Crippen LogP contribution in [-0.2, 0) is 6.42 Å². The fraction of sp³-hybridized carbons (Fsp3) is 0.500. The average molecular weight is 317 g/mol. The maximum Gasteiger partial charge on any atom is 0.426 e. The number of nitrogens with zero attached hydrogens (tertiary/aromatic N) is 3. The molecule has 2 N–H and O–H groups in total. The molecular formula is C16H19N3O4. The minimum atomic E-state index is -1.19. The van der Waals surface area contributed by atoms with Crippen molar-refractivity contribution < 1.29 is 19.8 Å². The van der Waals surface area contributed by atoms with Crippen LogP contribution in [0.25, 0.3) is 0 Å². The first-order chi connectivity index (χ1) is 11.1. The second-order valence-electron chi connectivity index (χ2n) is 6.50. The molecule has 1 aromatic rings. The van der Waals surface area contributed by atoms with Crippen molar-refractivity contribution in [2.24, 2.45) is 0 Å². The lowest BCUT2D eigenvalue weighted by Crippen LogP contribution is -2.49. The van der Waals surface area contributed by atoms with Crippen LogP contribution in [0.4, 0.5) is 9.59 Å². The van der Waals surface area contributed by atoms with Gasteiger partial charge in [-0.1, -0.05) is 24.3 Å². The van der Waals surface area contributed by atoms with Gasteiger partial charge in [0.15, 0.2) is 0 Å². The SMILES string of the molecule is O=C(O)N1C2CC(CN(C3CCc4ccccc43)C2)N1C(=O)O. The summed E-state index contributed by atoms with van der Waals surface area (Å²) in [4.78, 5) is 25.2. The Labute approximate surface area is 133 Å². The van der Waals surface area contributed by atoms with E-state index in [-0.39, 0.29) is 18.1 Å². The van der Waals surface area contributed by atoms with E-state index in [2.05, 4.69) is 17.0 Å². The van der Waals surface area contributed by atoms with E-state index in [4.69, 9.17) is 0 Å². The Hall–Kier alpha value is -2.28. The molecule has 0 aromatic heterocycles. The molecule has 2 fully saturated rings. The van der Waals surface area contributed by atoms with E-state index in [0.717, 1.165) is 22.9 Å². The molecule has 0 saturated carbocycles. The minimum absolute atomic E-state index is 0.265. The summed E-state index contributed by atoms with van der Waals surface area (Å²) >= 11 is 0. The molecule has 7 nitrogen and oxygen atoms in total. The molecule has 4 rings (SSSR count). The van der Waals surface area contributed by atoms with Crippen LogP contribution in [0, 0.1) is 0 Å². The third kappa shape index (κ3) is 2.15. The Bertz CT molecular complexity index is 636. The third-order valence-corrected chi connectivity index (χ3v) is 5.29. The van der Waals surface area contributed by atoms with E-state index in [1.54, 1.807) is 0 Å². The smallest absolute Gasteiger partial charge is 0.426 e. The van der Waals surface area contributed by atoms with Gasteiger partial charge in [0.1, 0.15) is 0 Å². The standard InChI is InChI=1S/C16H19N3O4/c20-15(21)18-11-7-12(19(18)16(22)23)9-17(8-11)14-6-5-10-3-1-2-4-13(10)14/h1-4,11-12,14H,5-9H2,(H,20,21)(H,22,23). The second kappa shape index (κ2) is 5.13. The molecule has 2 aliphatic heterocycles. The summed E-state index contributed by atoms with van der Waals surface area (Å²) in [6, 6.07) is 8.04. The zero-order valence-corrected chi connectivity index (χ0v) is 12.6. The van der Waals surface area contributed by atoms with Gasteiger partial charge < -0.3 is 10.2 Å². The summed E-state index contributed by atoms with van der Waals surface area (Å²) in [5.74, 6) is 0. The molecule has 0 spiro atoms. The number of hydrogen-bond donors (Lipinski definition) is 2. The Kier molecular flexibility index (Phi) is 3.19. The Morgan fingerprint density at radius 2 is 1.61 bits per heavy atom. The van der Waals surface area contributed by atoms with Crippen molar-refractivity contribution >= 4 is 12.2 Å². The van der Waals surface area contributed by atoms with Crippen LogP contribution in [0.15, 0.2) is 24.3 Å². The molecule has 3 aliphatic rings. The van der Waals surface area contributed by atoms with Crippen molar-refractivity contribution in [2.45, 2.75) is 37.4 Å². The Morgan fingerprint density at radius 3 is 2.22 bits per heavy atom. The van der Waals surface area contributed by atoms with Gasteiger partial charge in [-0.3, -0.25) is 4.90 Å². The van der Waals surface area contributed by atoms with Crippen molar-refractivity contribution in [3.05, 3.63) is 35.4 Å². The van der Waals surface area contributed by atoms with Gasteiger partial charge in [0.05, 0.1) is 12.1 Å². The van der Waals surface area contributed by atoms with E-state index >= 15 is 0 Å². The van der Waals surface area contributed by atoms with Gasteiger partial charge in [-0.25, -0.2) is 19.6 Å². The highest BCUT2D eigenvalue weighted by molar-refractivity contribution is 5.73. The lowest BCUT2D eigenvalue weighted by Gasteiger charge is -2.35. The number of hydrogen-bond acceptors (Lipinski definition) is 3. The van der Waals surface area contributed by atoms with Gasteiger partial charge in [-0.2, -0.15) is 0 Å². The number of carbonyl (C=O) groups is 2. The normalized spacial score (nSPS) is 29.7. The molecule has 1 aliphatic carbocycles. The number of benzene rings is 1. The zero-order chi connectivity index (χ0) is 16.1. The van der Waals surface area contributed by atoms with E-state index in [9.17, 15) is 19.8 Å². The molecule has 7 heteroatoms. The van der Waals surface area contributed by atoms with Gasteiger partial charge in [-0.15, -0.1) is 0 Å². The number of hydrazine groups is 1. The number of carboxylic acid groups (broad SMARTS) is 2. The van der Waals surface area contributed by atoms with Gasteiger partial charge in [0.25, 0.3) is 0 Å². The number of piperidine rings is 1. The van der Waals surface area contributed by atoms with Gasteiger partial charge >= 0.3 is 12.2 Å². The van der Waals surface area contributed by atoms with Crippen molar-refractivity contribution in [3.8, 4) is 0 Å². The quantitative estimate of drug-likeness (QED) is 0.827. The van der Waals surface area contributed by atoms with E-state index in [1.165, 1.54) is 11.1 Å². The van der Waals surface area contributed by atoms with Crippen LogP contribution in [0.3, 0.4) is 0 Å². The lowest BCUT2D eigenvalue weighted by molar-refractivity contribution is 0.00905. The predicted molar refractivity (Wildman–Crippen MR) is 81.0 cm³/mol. The molecule has 23 heavy (non-hydrogen) atoms. The fourth-order valence-electron chi connectivity index (χ4n) is 4.45. The largest absolute Gasteiger partial charge is 0.464 e. The molecule has 2 bridgehead atoms. The van der Waals surface area contributed by atoms with Gasteiger partial charge in [-0.05, 0) is 30.4 Å². The zero-order valence-electron chi connectivity index (χ0n) is 12.6. The highest BCUT2D eigenvalue weighted by atomic mass is 16.4. The van der Waals surface area contributed by atoms with Crippen LogP contribution in [0.5, 0.6) is 0 Å². The van der Waals surface area contributed by atoms with Crippen LogP contribution in [0.2, 0.25) is 0 Å².